The Kier molecular flexibility index (Phi) is 3.27. The van der Waals surface area contributed by atoms with Crippen molar-refractivity contribution in [3.05, 3.63) is 22.6 Å². The quantitative estimate of drug-likeness (QED) is 0.736. The lowest BCUT2D eigenvalue weighted by atomic mass is 9.82. The van der Waals surface area contributed by atoms with Crippen LogP contribution in [0.3, 0.4) is 0 Å². The van der Waals surface area contributed by atoms with E-state index in [0.29, 0.717) is 5.92 Å². The fourth-order valence-corrected chi connectivity index (χ4v) is 6.57. The van der Waals surface area contributed by atoms with Crippen LogP contribution in [-0.2, 0) is 0 Å². The maximum atomic E-state index is 6.40. The highest BCUT2D eigenvalue weighted by Crippen LogP contribution is 2.60. The van der Waals surface area contributed by atoms with E-state index >= 15 is 0 Å². The summed E-state index contributed by atoms with van der Waals surface area (Å²) >= 11 is 3.48. The lowest BCUT2D eigenvalue weighted by Gasteiger charge is -2.23. The molecule has 4 saturated carbocycles. The van der Waals surface area contributed by atoms with Gasteiger partial charge in [0, 0.05) is 17.8 Å². The predicted molar refractivity (Wildman–Crippen MR) is 98.7 cm³/mol. The highest BCUT2D eigenvalue weighted by atomic mass is 79.9. The van der Waals surface area contributed by atoms with Crippen molar-refractivity contribution in [1.82, 2.24) is 14.6 Å². The van der Waals surface area contributed by atoms with Gasteiger partial charge in [-0.05, 0) is 96.4 Å². The summed E-state index contributed by atoms with van der Waals surface area (Å²) in [5.74, 6) is 6.60. The van der Waals surface area contributed by atoms with Gasteiger partial charge in [-0.25, -0.2) is 0 Å². The number of hydrogen-bond acceptors (Lipinski definition) is 3. The Balaban J connectivity index is 1.21. The number of fused-ring (bicyclic) bond motifs is 6. The lowest BCUT2D eigenvalue weighted by Crippen LogP contribution is -2.15. The topological polar surface area (TPSA) is 39.4 Å². The van der Waals surface area contributed by atoms with Crippen molar-refractivity contribution in [2.45, 2.75) is 50.9 Å². The van der Waals surface area contributed by atoms with E-state index in [-0.39, 0.29) is 0 Å². The number of pyridine rings is 1. The summed E-state index contributed by atoms with van der Waals surface area (Å²) in [5.41, 5.74) is 2.21. The second-order valence-electron chi connectivity index (χ2n) is 8.87. The van der Waals surface area contributed by atoms with Gasteiger partial charge in [-0.3, -0.25) is 4.40 Å². The summed E-state index contributed by atoms with van der Waals surface area (Å²) in [4.78, 5) is 0. The molecule has 2 heterocycles. The minimum absolute atomic E-state index is 0.660. The van der Waals surface area contributed by atoms with Crippen LogP contribution >= 0.6 is 15.9 Å². The Morgan fingerprint density at radius 2 is 1.80 bits per heavy atom. The molecule has 25 heavy (non-hydrogen) atoms. The number of hydrogen-bond donors (Lipinski definition) is 0. The summed E-state index contributed by atoms with van der Waals surface area (Å²) in [5, 5.41) is 8.37. The SMILES string of the molecule is Brc1nnc2cc(OC[C@@H]3C[C@@H]4[C@H]5CC[C@H](C5)[C@@H]4C3)c(C3CC3)cn12. The highest BCUT2D eigenvalue weighted by molar-refractivity contribution is 9.10. The maximum absolute atomic E-state index is 6.40. The third-order valence-corrected chi connectivity index (χ3v) is 8.01. The summed E-state index contributed by atoms with van der Waals surface area (Å²) in [7, 11) is 0. The van der Waals surface area contributed by atoms with Gasteiger partial charge < -0.3 is 4.74 Å². The molecule has 0 aromatic carbocycles. The lowest BCUT2D eigenvalue weighted by molar-refractivity contribution is 0.237. The second-order valence-corrected chi connectivity index (χ2v) is 9.58. The minimum atomic E-state index is 0.660. The number of ether oxygens (including phenoxy) is 1. The molecule has 0 unspecified atom stereocenters. The van der Waals surface area contributed by atoms with Crippen molar-refractivity contribution in [3.8, 4) is 5.75 Å². The van der Waals surface area contributed by atoms with E-state index in [9.17, 15) is 0 Å². The smallest absolute Gasteiger partial charge is 0.204 e. The Morgan fingerprint density at radius 3 is 2.52 bits per heavy atom. The molecule has 0 N–H and O–H groups in total. The molecular formula is C20H24BrN3O. The van der Waals surface area contributed by atoms with E-state index in [2.05, 4.69) is 38.4 Å². The molecule has 0 saturated heterocycles. The molecule has 2 bridgehead atoms. The molecule has 0 spiro atoms. The Bertz CT molecular complexity index is 812. The summed E-state index contributed by atoms with van der Waals surface area (Å²) in [6.07, 6.45) is 12.1. The molecule has 4 aliphatic carbocycles. The first-order valence-electron chi connectivity index (χ1n) is 9.93. The molecule has 2 aromatic heterocycles. The largest absolute Gasteiger partial charge is 0.493 e. The van der Waals surface area contributed by atoms with Gasteiger partial charge in [0.15, 0.2) is 5.65 Å². The van der Waals surface area contributed by atoms with E-state index in [0.717, 1.165) is 52.3 Å². The van der Waals surface area contributed by atoms with Crippen molar-refractivity contribution in [3.63, 3.8) is 0 Å². The zero-order valence-electron chi connectivity index (χ0n) is 14.4. The first-order chi connectivity index (χ1) is 12.3. The number of rotatable bonds is 4. The number of nitrogens with zero attached hydrogens (tertiary/aromatic N) is 3. The zero-order valence-corrected chi connectivity index (χ0v) is 16.0. The van der Waals surface area contributed by atoms with Gasteiger partial charge in [0.2, 0.25) is 4.73 Å². The first-order valence-corrected chi connectivity index (χ1v) is 10.7. The predicted octanol–water partition coefficient (Wildman–Crippen LogP) is 4.82. The average molecular weight is 402 g/mol. The van der Waals surface area contributed by atoms with E-state index in [1.54, 1.807) is 0 Å². The van der Waals surface area contributed by atoms with Crippen molar-refractivity contribution in [1.29, 1.82) is 0 Å². The fourth-order valence-electron chi connectivity index (χ4n) is 6.20. The van der Waals surface area contributed by atoms with Gasteiger partial charge in [0.25, 0.3) is 0 Å². The van der Waals surface area contributed by atoms with Gasteiger partial charge in [0.05, 0.1) is 6.61 Å². The third kappa shape index (κ3) is 2.37. The third-order valence-electron chi connectivity index (χ3n) is 7.47. The molecule has 0 aliphatic heterocycles. The van der Waals surface area contributed by atoms with Crippen LogP contribution in [0.5, 0.6) is 5.75 Å². The van der Waals surface area contributed by atoms with Gasteiger partial charge in [-0.15, -0.1) is 10.2 Å². The summed E-state index contributed by atoms with van der Waals surface area (Å²) < 4.78 is 9.20. The minimum Gasteiger partial charge on any atom is -0.493 e. The molecule has 4 fully saturated rings. The first kappa shape index (κ1) is 15.0. The molecule has 0 amide bonds. The molecule has 2 aromatic rings. The molecule has 5 atom stereocenters. The van der Waals surface area contributed by atoms with Crippen LogP contribution in [0, 0.1) is 29.6 Å². The fraction of sp³-hybridized carbons (Fsp3) is 0.700. The van der Waals surface area contributed by atoms with Gasteiger partial charge >= 0.3 is 0 Å². The molecule has 132 valence electrons. The molecule has 4 aliphatic rings. The number of halogens is 1. The van der Waals surface area contributed by atoms with Crippen molar-refractivity contribution in [2.75, 3.05) is 6.61 Å². The molecule has 6 rings (SSSR count). The van der Waals surface area contributed by atoms with E-state index in [1.165, 1.54) is 50.5 Å². The second kappa shape index (κ2) is 5.45. The Morgan fingerprint density at radius 1 is 1.04 bits per heavy atom. The van der Waals surface area contributed by atoms with Crippen LogP contribution in [0.4, 0.5) is 0 Å². The Hall–Kier alpha value is -1.10. The summed E-state index contributed by atoms with van der Waals surface area (Å²) in [6, 6.07) is 2.09. The average Bonchev–Trinajstić information content (AvgIpc) is 2.98. The van der Waals surface area contributed by atoms with E-state index in [1.807, 2.05) is 4.40 Å². The molecule has 0 radical (unpaired) electrons. The van der Waals surface area contributed by atoms with Crippen LogP contribution in [0.15, 0.2) is 17.0 Å². The van der Waals surface area contributed by atoms with Gasteiger partial charge in [-0.2, -0.15) is 0 Å². The van der Waals surface area contributed by atoms with Gasteiger partial charge in [0.1, 0.15) is 5.75 Å². The van der Waals surface area contributed by atoms with Crippen molar-refractivity contribution >= 4 is 21.6 Å². The molecule has 5 heteroatoms. The van der Waals surface area contributed by atoms with Crippen molar-refractivity contribution in [2.24, 2.45) is 29.6 Å². The van der Waals surface area contributed by atoms with E-state index < -0.39 is 0 Å². The zero-order chi connectivity index (χ0) is 16.5. The summed E-state index contributed by atoms with van der Waals surface area (Å²) in [6.45, 7) is 0.887. The normalized spacial score (nSPS) is 36.3. The van der Waals surface area contributed by atoms with Crippen LogP contribution in [0.25, 0.3) is 5.65 Å². The van der Waals surface area contributed by atoms with Crippen LogP contribution in [0.2, 0.25) is 0 Å². The monoisotopic (exact) mass is 401 g/mol. The molecule has 4 nitrogen and oxygen atoms in total. The molecular weight excluding hydrogens is 378 g/mol. The van der Waals surface area contributed by atoms with Crippen LogP contribution < -0.4 is 4.74 Å². The highest BCUT2D eigenvalue weighted by Gasteiger charge is 2.51. The Labute approximate surface area is 156 Å². The van der Waals surface area contributed by atoms with E-state index in [4.69, 9.17) is 4.74 Å². The maximum Gasteiger partial charge on any atom is 0.204 e. The standard InChI is InChI=1S/C20H24BrN3O/c21-20-23-22-19-8-18(17(9-24(19)20)12-1-2-12)25-10-11-5-15-13-3-4-14(7-13)16(15)6-11/h8-9,11-16H,1-7,10H2/t11-,13+,14-,15-,16+. The van der Waals surface area contributed by atoms with Crippen LogP contribution in [-0.4, -0.2) is 21.2 Å². The van der Waals surface area contributed by atoms with Crippen LogP contribution in [0.1, 0.15) is 56.4 Å². The number of aromatic nitrogens is 3. The van der Waals surface area contributed by atoms with Crippen molar-refractivity contribution < 1.29 is 4.74 Å². The van der Waals surface area contributed by atoms with Gasteiger partial charge in [-0.1, -0.05) is 0 Å².